The third-order valence-corrected chi connectivity index (χ3v) is 4.15. The summed E-state index contributed by atoms with van der Waals surface area (Å²) >= 11 is 0. The van der Waals surface area contributed by atoms with E-state index in [0.717, 1.165) is 17.8 Å². The number of aromatic nitrogens is 1. The topological polar surface area (TPSA) is 60.3 Å². The van der Waals surface area contributed by atoms with E-state index >= 15 is 0 Å². The summed E-state index contributed by atoms with van der Waals surface area (Å²) in [4.78, 5) is 24.0. The lowest BCUT2D eigenvalue weighted by Gasteiger charge is -2.15. The largest absolute Gasteiger partial charge is 0.452 e. The fraction of sp³-hybridized carbons (Fsp3) is 0.143. The van der Waals surface area contributed by atoms with Gasteiger partial charge >= 0.3 is 5.97 Å². The molecule has 0 aliphatic rings. The monoisotopic (exact) mass is 384 g/mol. The van der Waals surface area contributed by atoms with Gasteiger partial charge < -0.3 is 14.6 Å². The smallest absolute Gasteiger partial charge is 0.338 e. The average molecular weight is 384 g/mol. The van der Waals surface area contributed by atoms with Crippen molar-refractivity contribution in [2.24, 2.45) is 0 Å². The first-order valence-corrected chi connectivity index (χ1v) is 8.59. The minimum Gasteiger partial charge on any atom is -0.452 e. The number of amides is 1. The molecule has 3 rings (SSSR count). The van der Waals surface area contributed by atoms with Crippen LogP contribution < -0.4 is 5.32 Å². The van der Waals surface area contributed by atoms with Gasteiger partial charge in [-0.1, -0.05) is 6.07 Å². The molecular formula is C21H18F2N2O3. The Bertz CT molecular complexity index is 970. The Morgan fingerprint density at radius 2 is 1.75 bits per heavy atom. The summed E-state index contributed by atoms with van der Waals surface area (Å²) in [6.07, 6.45) is 3.76. The van der Waals surface area contributed by atoms with E-state index in [2.05, 4.69) is 5.32 Å². The van der Waals surface area contributed by atoms with Crippen LogP contribution in [0.2, 0.25) is 0 Å². The van der Waals surface area contributed by atoms with E-state index in [9.17, 15) is 18.4 Å². The number of nitrogens with zero attached hydrogens (tertiary/aromatic N) is 1. The third-order valence-electron chi connectivity index (χ3n) is 4.15. The van der Waals surface area contributed by atoms with Crippen LogP contribution in [0.4, 0.5) is 8.78 Å². The van der Waals surface area contributed by atoms with Crippen molar-refractivity contribution < 1.29 is 23.1 Å². The van der Waals surface area contributed by atoms with Gasteiger partial charge in [-0.25, -0.2) is 13.6 Å². The number of hydrogen-bond donors (Lipinski definition) is 1. The van der Waals surface area contributed by atoms with Gasteiger partial charge in [0.15, 0.2) is 6.61 Å². The van der Waals surface area contributed by atoms with Gasteiger partial charge in [0, 0.05) is 29.7 Å². The van der Waals surface area contributed by atoms with E-state index in [1.807, 2.05) is 29.1 Å². The highest BCUT2D eigenvalue weighted by atomic mass is 19.1. The molecule has 1 atom stereocenters. The zero-order chi connectivity index (χ0) is 20.1. The summed E-state index contributed by atoms with van der Waals surface area (Å²) in [5.41, 5.74) is 1.33. The predicted octanol–water partition coefficient (Wildman–Crippen LogP) is 3.79. The number of nitrogens with one attached hydrogen (secondary N) is 1. The molecule has 0 unspecified atom stereocenters. The van der Waals surface area contributed by atoms with Crippen LogP contribution in [0.5, 0.6) is 0 Å². The number of benzene rings is 2. The van der Waals surface area contributed by atoms with Crippen LogP contribution in [0, 0.1) is 11.6 Å². The molecule has 0 radical (unpaired) electrons. The van der Waals surface area contributed by atoms with Crippen molar-refractivity contribution in [3.8, 4) is 5.69 Å². The molecular weight excluding hydrogens is 366 g/mol. The standard InChI is InChI=1S/C21H18F2N2O3/c1-14(18-9-6-16(22)12-19(18)23)24-20(26)13-28-21(27)15-4-7-17(8-5-15)25-10-2-3-11-25/h2-12,14H,13H2,1H3,(H,24,26)/t14-/m1/s1. The number of rotatable bonds is 6. The summed E-state index contributed by atoms with van der Waals surface area (Å²) in [6.45, 7) is 1.04. The first-order valence-electron chi connectivity index (χ1n) is 8.59. The maximum atomic E-state index is 13.7. The van der Waals surface area contributed by atoms with Crippen molar-refractivity contribution in [2.45, 2.75) is 13.0 Å². The van der Waals surface area contributed by atoms with Gasteiger partial charge in [0.25, 0.3) is 5.91 Å². The molecule has 1 heterocycles. The minimum absolute atomic E-state index is 0.140. The highest BCUT2D eigenvalue weighted by Crippen LogP contribution is 2.17. The Morgan fingerprint density at radius 3 is 2.39 bits per heavy atom. The van der Waals surface area contributed by atoms with Crippen LogP contribution in [0.1, 0.15) is 28.9 Å². The lowest BCUT2D eigenvalue weighted by atomic mass is 10.1. The fourth-order valence-corrected chi connectivity index (χ4v) is 2.70. The van der Waals surface area contributed by atoms with Crippen molar-refractivity contribution in [1.82, 2.24) is 9.88 Å². The molecule has 1 N–H and O–H groups in total. The average Bonchev–Trinajstić information content (AvgIpc) is 3.21. The van der Waals surface area contributed by atoms with Gasteiger partial charge in [0.1, 0.15) is 11.6 Å². The first-order chi connectivity index (χ1) is 13.4. The second kappa shape index (κ2) is 8.47. The quantitative estimate of drug-likeness (QED) is 0.658. The fourth-order valence-electron chi connectivity index (χ4n) is 2.70. The molecule has 28 heavy (non-hydrogen) atoms. The zero-order valence-electron chi connectivity index (χ0n) is 15.1. The molecule has 144 valence electrons. The summed E-state index contributed by atoms with van der Waals surface area (Å²) in [7, 11) is 0. The molecule has 0 aliphatic carbocycles. The number of esters is 1. The van der Waals surface area contributed by atoms with Crippen LogP contribution in [0.15, 0.2) is 67.0 Å². The summed E-state index contributed by atoms with van der Waals surface area (Å²) in [5, 5.41) is 2.51. The molecule has 1 aromatic heterocycles. The Hall–Kier alpha value is -3.48. The van der Waals surface area contributed by atoms with E-state index in [1.165, 1.54) is 6.07 Å². The van der Waals surface area contributed by atoms with Gasteiger partial charge in [-0.2, -0.15) is 0 Å². The van der Waals surface area contributed by atoms with Gasteiger partial charge in [0.05, 0.1) is 11.6 Å². The Balaban J connectivity index is 1.53. The van der Waals surface area contributed by atoms with Crippen molar-refractivity contribution in [3.63, 3.8) is 0 Å². The molecule has 5 nitrogen and oxygen atoms in total. The Labute approximate surface area is 160 Å². The van der Waals surface area contributed by atoms with Crippen LogP contribution in [0.3, 0.4) is 0 Å². The summed E-state index contributed by atoms with van der Waals surface area (Å²) in [5.74, 6) is -2.69. The van der Waals surface area contributed by atoms with Crippen molar-refractivity contribution in [2.75, 3.05) is 6.61 Å². The number of carbonyl (C=O) groups is 2. The van der Waals surface area contributed by atoms with Crippen molar-refractivity contribution in [1.29, 1.82) is 0 Å². The Morgan fingerprint density at radius 1 is 1.07 bits per heavy atom. The van der Waals surface area contributed by atoms with Gasteiger partial charge in [0.2, 0.25) is 0 Å². The van der Waals surface area contributed by atoms with E-state index in [4.69, 9.17) is 4.74 Å². The van der Waals surface area contributed by atoms with Gasteiger partial charge in [-0.05, 0) is 49.4 Å². The number of hydrogen-bond acceptors (Lipinski definition) is 3. The molecule has 7 heteroatoms. The lowest BCUT2D eigenvalue weighted by molar-refractivity contribution is -0.124. The first kappa shape index (κ1) is 19.3. The second-order valence-electron chi connectivity index (χ2n) is 6.17. The van der Waals surface area contributed by atoms with E-state index in [1.54, 1.807) is 31.2 Å². The summed E-state index contributed by atoms with van der Waals surface area (Å²) in [6, 6.07) is 12.9. The second-order valence-corrected chi connectivity index (χ2v) is 6.17. The van der Waals surface area contributed by atoms with E-state index in [-0.39, 0.29) is 5.56 Å². The molecule has 0 fully saturated rings. The van der Waals surface area contributed by atoms with Crippen molar-refractivity contribution in [3.05, 3.63) is 89.8 Å². The summed E-state index contributed by atoms with van der Waals surface area (Å²) < 4.78 is 33.6. The maximum absolute atomic E-state index is 13.7. The highest BCUT2D eigenvalue weighted by molar-refractivity contribution is 5.91. The molecule has 0 saturated heterocycles. The van der Waals surface area contributed by atoms with Crippen LogP contribution in [-0.2, 0) is 9.53 Å². The molecule has 0 saturated carbocycles. The number of ether oxygens (including phenoxy) is 1. The van der Waals surface area contributed by atoms with E-state index < -0.39 is 36.2 Å². The number of halogens is 2. The normalized spacial score (nSPS) is 11.7. The third kappa shape index (κ3) is 4.62. The molecule has 1 amide bonds. The Kier molecular flexibility index (Phi) is 5.84. The maximum Gasteiger partial charge on any atom is 0.338 e. The SMILES string of the molecule is C[C@@H](NC(=O)COC(=O)c1ccc(-n2cccc2)cc1)c1ccc(F)cc1F. The van der Waals surface area contributed by atoms with Crippen LogP contribution in [0.25, 0.3) is 5.69 Å². The molecule has 2 aromatic carbocycles. The van der Waals surface area contributed by atoms with Crippen molar-refractivity contribution >= 4 is 11.9 Å². The van der Waals surface area contributed by atoms with Gasteiger partial charge in [-0.3, -0.25) is 4.79 Å². The van der Waals surface area contributed by atoms with Crippen LogP contribution in [-0.4, -0.2) is 23.1 Å². The van der Waals surface area contributed by atoms with Gasteiger partial charge in [-0.15, -0.1) is 0 Å². The lowest BCUT2D eigenvalue weighted by Crippen LogP contribution is -2.31. The number of carbonyl (C=O) groups excluding carboxylic acids is 2. The minimum atomic E-state index is -0.757. The zero-order valence-corrected chi connectivity index (χ0v) is 15.1. The molecule has 0 spiro atoms. The molecule has 0 aliphatic heterocycles. The predicted molar refractivity (Wildman–Crippen MR) is 99.0 cm³/mol. The van der Waals surface area contributed by atoms with Crippen LogP contribution >= 0.6 is 0 Å². The highest BCUT2D eigenvalue weighted by Gasteiger charge is 2.16. The molecule has 0 bridgehead atoms. The van der Waals surface area contributed by atoms with E-state index in [0.29, 0.717) is 5.56 Å². The molecule has 3 aromatic rings.